The third-order valence-electron chi connectivity index (χ3n) is 3.21. The lowest BCUT2D eigenvalue weighted by atomic mass is 10.1. The monoisotopic (exact) mass is 290 g/mol. The minimum Gasteiger partial charge on any atom is -0.378 e. The Morgan fingerprint density at radius 3 is 2.35 bits per heavy atom. The fourth-order valence-electron chi connectivity index (χ4n) is 1.99. The molecule has 0 aliphatic rings. The molecule has 0 aliphatic heterocycles. The number of nitrogens with one attached hydrogen (secondary N) is 1. The van der Waals surface area contributed by atoms with Crippen LogP contribution in [-0.4, -0.2) is 8.42 Å². The van der Waals surface area contributed by atoms with Crippen molar-refractivity contribution in [2.24, 2.45) is 5.14 Å². The SMILES string of the molecule is Cc1ccc(S(N)(=O)=O)cc1NC(C)c1ccccc1. The van der Waals surface area contributed by atoms with E-state index in [1.165, 1.54) is 6.07 Å². The molecule has 0 heterocycles. The molecule has 106 valence electrons. The lowest BCUT2D eigenvalue weighted by Crippen LogP contribution is -2.13. The fraction of sp³-hybridized carbons (Fsp3) is 0.200. The van der Waals surface area contributed by atoms with Crippen LogP contribution in [0, 0.1) is 6.92 Å². The van der Waals surface area contributed by atoms with Crippen LogP contribution in [0.15, 0.2) is 53.4 Å². The van der Waals surface area contributed by atoms with Gasteiger partial charge in [0.25, 0.3) is 0 Å². The number of primary sulfonamides is 1. The van der Waals surface area contributed by atoms with Crippen molar-refractivity contribution in [1.82, 2.24) is 0 Å². The summed E-state index contributed by atoms with van der Waals surface area (Å²) in [6, 6.07) is 14.9. The molecule has 3 N–H and O–H groups in total. The van der Waals surface area contributed by atoms with E-state index in [-0.39, 0.29) is 10.9 Å². The van der Waals surface area contributed by atoms with Gasteiger partial charge in [0, 0.05) is 11.7 Å². The summed E-state index contributed by atoms with van der Waals surface area (Å²) in [5.74, 6) is 0. The van der Waals surface area contributed by atoms with Crippen molar-refractivity contribution in [2.45, 2.75) is 24.8 Å². The molecule has 1 unspecified atom stereocenters. The highest BCUT2D eigenvalue weighted by Crippen LogP contribution is 2.24. The van der Waals surface area contributed by atoms with Crippen molar-refractivity contribution < 1.29 is 8.42 Å². The van der Waals surface area contributed by atoms with Crippen molar-refractivity contribution in [1.29, 1.82) is 0 Å². The van der Waals surface area contributed by atoms with Crippen LogP contribution in [0.2, 0.25) is 0 Å². The van der Waals surface area contributed by atoms with E-state index in [1.807, 2.05) is 44.2 Å². The highest BCUT2D eigenvalue weighted by Gasteiger charge is 2.12. The van der Waals surface area contributed by atoms with E-state index in [4.69, 9.17) is 5.14 Å². The molecule has 0 spiro atoms. The second kappa shape index (κ2) is 5.64. The lowest BCUT2D eigenvalue weighted by Gasteiger charge is -2.18. The summed E-state index contributed by atoms with van der Waals surface area (Å²) in [6.45, 7) is 3.95. The molecule has 0 aromatic heterocycles. The van der Waals surface area contributed by atoms with Gasteiger partial charge in [-0.1, -0.05) is 36.4 Å². The number of rotatable bonds is 4. The van der Waals surface area contributed by atoms with Crippen molar-refractivity contribution in [3.05, 3.63) is 59.7 Å². The standard InChI is InChI=1S/C15H18N2O2S/c1-11-8-9-14(20(16,18)19)10-15(11)17-12(2)13-6-4-3-5-7-13/h3-10,12,17H,1-2H3,(H2,16,18,19). The first kappa shape index (κ1) is 14.6. The smallest absolute Gasteiger partial charge is 0.238 e. The zero-order valence-electron chi connectivity index (χ0n) is 11.5. The maximum absolute atomic E-state index is 11.4. The van der Waals surface area contributed by atoms with Crippen LogP contribution in [0.1, 0.15) is 24.1 Å². The molecule has 20 heavy (non-hydrogen) atoms. The number of anilines is 1. The Labute approximate surface area is 119 Å². The van der Waals surface area contributed by atoms with E-state index in [9.17, 15) is 8.42 Å². The normalized spacial score (nSPS) is 12.9. The Morgan fingerprint density at radius 1 is 1.10 bits per heavy atom. The highest BCUT2D eigenvalue weighted by atomic mass is 32.2. The number of sulfonamides is 1. The molecule has 0 aliphatic carbocycles. The van der Waals surface area contributed by atoms with E-state index >= 15 is 0 Å². The van der Waals surface area contributed by atoms with Crippen molar-refractivity contribution in [3.8, 4) is 0 Å². The van der Waals surface area contributed by atoms with Crippen LogP contribution in [0.4, 0.5) is 5.69 Å². The van der Waals surface area contributed by atoms with Gasteiger partial charge in [-0.15, -0.1) is 0 Å². The largest absolute Gasteiger partial charge is 0.378 e. The maximum atomic E-state index is 11.4. The zero-order chi connectivity index (χ0) is 14.8. The van der Waals surface area contributed by atoms with Crippen LogP contribution >= 0.6 is 0 Å². The Bertz CT molecular complexity index is 697. The number of aryl methyl sites for hydroxylation is 1. The van der Waals surface area contributed by atoms with E-state index < -0.39 is 10.0 Å². The predicted molar refractivity (Wildman–Crippen MR) is 81.0 cm³/mol. The molecule has 0 amide bonds. The molecule has 5 heteroatoms. The summed E-state index contributed by atoms with van der Waals surface area (Å²) in [4.78, 5) is 0.117. The topological polar surface area (TPSA) is 72.2 Å². The van der Waals surface area contributed by atoms with Gasteiger partial charge in [-0.05, 0) is 37.1 Å². The predicted octanol–water partition coefficient (Wildman–Crippen LogP) is 2.82. The summed E-state index contributed by atoms with van der Waals surface area (Å²) in [5, 5.41) is 8.48. The van der Waals surface area contributed by atoms with Gasteiger partial charge in [-0.25, -0.2) is 13.6 Å². The minimum atomic E-state index is -3.68. The molecule has 0 radical (unpaired) electrons. The van der Waals surface area contributed by atoms with E-state index in [2.05, 4.69) is 5.32 Å². The van der Waals surface area contributed by atoms with Gasteiger partial charge in [-0.2, -0.15) is 0 Å². The van der Waals surface area contributed by atoms with Gasteiger partial charge in [0.05, 0.1) is 4.90 Å². The number of hydrogen-bond acceptors (Lipinski definition) is 3. The Morgan fingerprint density at radius 2 is 1.75 bits per heavy atom. The Hall–Kier alpha value is -1.85. The molecular weight excluding hydrogens is 272 g/mol. The number of hydrogen-bond donors (Lipinski definition) is 2. The van der Waals surface area contributed by atoms with E-state index in [0.29, 0.717) is 0 Å². The average Bonchev–Trinajstić information content (AvgIpc) is 2.41. The van der Waals surface area contributed by atoms with E-state index in [1.54, 1.807) is 12.1 Å². The van der Waals surface area contributed by atoms with Crippen molar-refractivity contribution >= 4 is 15.7 Å². The van der Waals surface area contributed by atoms with E-state index in [0.717, 1.165) is 16.8 Å². The van der Waals surface area contributed by atoms with Crippen molar-refractivity contribution in [2.75, 3.05) is 5.32 Å². The van der Waals surface area contributed by atoms with Crippen LogP contribution < -0.4 is 10.5 Å². The third kappa shape index (κ3) is 3.37. The zero-order valence-corrected chi connectivity index (χ0v) is 12.3. The molecule has 0 saturated carbocycles. The lowest BCUT2D eigenvalue weighted by molar-refractivity contribution is 0.598. The van der Waals surface area contributed by atoms with Gasteiger partial charge in [0.1, 0.15) is 0 Å². The molecule has 1 atom stereocenters. The van der Waals surface area contributed by atoms with Gasteiger partial charge < -0.3 is 5.32 Å². The summed E-state index contributed by atoms with van der Waals surface area (Å²) in [5.41, 5.74) is 2.88. The van der Waals surface area contributed by atoms with Gasteiger partial charge in [0.2, 0.25) is 10.0 Å². The first-order valence-corrected chi connectivity index (χ1v) is 7.87. The summed E-state index contributed by atoms with van der Waals surface area (Å²) < 4.78 is 22.8. The Balaban J connectivity index is 2.30. The number of benzene rings is 2. The fourth-order valence-corrected chi connectivity index (χ4v) is 2.53. The first-order chi connectivity index (χ1) is 9.38. The summed E-state index contributed by atoms with van der Waals surface area (Å²) in [7, 11) is -3.68. The molecule has 2 aromatic carbocycles. The second-order valence-electron chi connectivity index (χ2n) is 4.80. The van der Waals surface area contributed by atoms with Gasteiger partial charge in [0.15, 0.2) is 0 Å². The molecule has 2 aromatic rings. The maximum Gasteiger partial charge on any atom is 0.238 e. The summed E-state index contributed by atoms with van der Waals surface area (Å²) >= 11 is 0. The molecular formula is C15H18N2O2S. The molecule has 2 rings (SSSR count). The third-order valence-corrected chi connectivity index (χ3v) is 4.12. The van der Waals surface area contributed by atoms with Crippen LogP contribution in [0.25, 0.3) is 0 Å². The molecule has 0 bridgehead atoms. The van der Waals surface area contributed by atoms with Crippen LogP contribution in [0.3, 0.4) is 0 Å². The quantitative estimate of drug-likeness (QED) is 0.909. The summed E-state index contributed by atoms with van der Waals surface area (Å²) in [6.07, 6.45) is 0. The van der Waals surface area contributed by atoms with Crippen molar-refractivity contribution in [3.63, 3.8) is 0 Å². The average molecular weight is 290 g/mol. The Kier molecular flexibility index (Phi) is 4.11. The van der Waals surface area contributed by atoms with Gasteiger partial charge >= 0.3 is 0 Å². The molecule has 0 fully saturated rings. The molecule has 4 nitrogen and oxygen atoms in total. The second-order valence-corrected chi connectivity index (χ2v) is 6.36. The highest BCUT2D eigenvalue weighted by molar-refractivity contribution is 7.89. The molecule has 0 saturated heterocycles. The van der Waals surface area contributed by atoms with Crippen LogP contribution in [-0.2, 0) is 10.0 Å². The minimum absolute atomic E-state index is 0.0747. The van der Waals surface area contributed by atoms with Crippen LogP contribution in [0.5, 0.6) is 0 Å². The van der Waals surface area contributed by atoms with Gasteiger partial charge in [-0.3, -0.25) is 0 Å². The first-order valence-electron chi connectivity index (χ1n) is 6.33. The number of nitrogens with two attached hydrogens (primary N) is 1.